The number of rotatable bonds is 5. The fourth-order valence-electron chi connectivity index (χ4n) is 2.20. The summed E-state index contributed by atoms with van der Waals surface area (Å²) in [4.78, 5) is 3.95. The molecule has 19 heavy (non-hydrogen) atoms. The van der Waals surface area contributed by atoms with Crippen molar-refractivity contribution in [2.45, 2.75) is 18.6 Å². The van der Waals surface area contributed by atoms with Gasteiger partial charge in [-0.15, -0.1) is 0 Å². The minimum atomic E-state index is -3.24. The second-order valence-electron chi connectivity index (χ2n) is 4.58. The third-order valence-electron chi connectivity index (χ3n) is 3.16. The van der Waals surface area contributed by atoms with Crippen LogP contribution >= 0.6 is 0 Å². The Morgan fingerprint density at radius 1 is 1.53 bits per heavy atom. The zero-order chi connectivity index (χ0) is 13.9. The molecule has 2 rings (SSSR count). The van der Waals surface area contributed by atoms with E-state index in [0.29, 0.717) is 25.3 Å². The van der Waals surface area contributed by atoms with Gasteiger partial charge in [-0.2, -0.15) is 4.31 Å². The van der Waals surface area contributed by atoms with Crippen molar-refractivity contribution < 1.29 is 17.9 Å². The maximum Gasteiger partial charge on any atom is 0.211 e. The van der Waals surface area contributed by atoms with E-state index in [2.05, 4.69) is 4.98 Å². The first-order valence-corrected chi connectivity index (χ1v) is 7.88. The second kappa shape index (κ2) is 5.85. The average molecular weight is 286 g/mol. The number of nitrogens with zero attached hydrogens (tertiary/aromatic N) is 2. The third-order valence-corrected chi connectivity index (χ3v) is 4.46. The summed E-state index contributed by atoms with van der Waals surface area (Å²) in [5, 5.41) is 0. The third kappa shape index (κ3) is 3.65. The summed E-state index contributed by atoms with van der Waals surface area (Å²) in [5.74, 6) is 0.636. The molecule has 1 saturated heterocycles. The lowest BCUT2D eigenvalue weighted by Crippen LogP contribution is -2.38. The highest BCUT2D eigenvalue weighted by atomic mass is 32.2. The molecule has 0 aliphatic carbocycles. The Bertz CT molecular complexity index is 506. The monoisotopic (exact) mass is 286 g/mol. The van der Waals surface area contributed by atoms with E-state index in [-0.39, 0.29) is 12.1 Å². The van der Waals surface area contributed by atoms with E-state index in [1.54, 1.807) is 31.6 Å². The van der Waals surface area contributed by atoms with Gasteiger partial charge in [-0.3, -0.25) is 4.98 Å². The molecular weight excluding hydrogens is 268 g/mol. The highest BCUT2D eigenvalue weighted by molar-refractivity contribution is 7.88. The molecule has 6 nitrogen and oxygen atoms in total. The lowest BCUT2D eigenvalue weighted by atomic mass is 10.2. The second-order valence-corrected chi connectivity index (χ2v) is 6.51. The van der Waals surface area contributed by atoms with E-state index in [9.17, 15) is 8.42 Å². The van der Waals surface area contributed by atoms with Gasteiger partial charge in [0.1, 0.15) is 12.4 Å². The van der Waals surface area contributed by atoms with Gasteiger partial charge in [-0.25, -0.2) is 8.42 Å². The normalized spacial score (nSPS) is 24.5. The molecule has 2 atom stereocenters. The first-order valence-electron chi connectivity index (χ1n) is 6.03. The van der Waals surface area contributed by atoms with Crippen molar-refractivity contribution in [3.8, 4) is 5.75 Å². The maximum absolute atomic E-state index is 11.7. The van der Waals surface area contributed by atoms with Crippen LogP contribution in [0.4, 0.5) is 0 Å². The van der Waals surface area contributed by atoms with Crippen molar-refractivity contribution in [2.75, 3.05) is 26.5 Å². The van der Waals surface area contributed by atoms with Crippen LogP contribution in [0.1, 0.15) is 6.42 Å². The molecule has 106 valence electrons. The minimum Gasteiger partial charge on any atom is -0.490 e. The van der Waals surface area contributed by atoms with E-state index in [4.69, 9.17) is 9.47 Å². The SMILES string of the molecule is CO[C@@H]1C[C@@H](COc2cccnc2)N(S(C)(=O)=O)C1. The molecule has 7 heteroatoms. The van der Waals surface area contributed by atoms with Crippen LogP contribution in [-0.2, 0) is 14.8 Å². The summed E-state index contributed by atoms with van der Waals surface area (Å²) in [6.45, 7) is 0.690. The van der Waals surface area contributed by atoms with E-state index in [1.807, 2.05) is 0 Å². The van der Waals surface area contributed by atoms with Gasteiger partial charge in [0.05, 0.1) is 24.6 Å². The Morgan fingerprint density at radius 3 is 2.89 bits per heavy atom. The molecule has 0 radical (unpaired) electrons. The minimum absolute atomic E-state index is 0.0720. The zero-order valence-electron chi connectivity index (χ0n) is 11.0. The van der Waals surface area contributed by atoms with Gasteiger partial charge in [-0.05, 0) is 18.6 Å². The lowest BCUT2D eigenvalue weighted by Gasteiger charge is -2.21. The van der Waals surface area contributed by atoms with E-state index >= 15 is 0 Å². The van der Waals surface area contributed by atoms with E-state index < -0.39 is 10.0 Å². The van der Waals surface area contributed by atoms with Crippen LogP contribution in [0.25, 0.3) is 0 Å². The van der Waals surface area contributed by atoms with E-state index in [1.165, 1.54) is 10.6 Å². The number of methoxy groups -OCH3 is 1. The Balaban J connectivity index is 2.01. The maximum atomic E-state index is 11.7. The number of hydrogen-bond donors (Lipinski definition) is 0. The van der Waals surface area contributed by atoms with Crippen molar-refractivity contribution in [3.05, 3.63) is 24.5 Å². The van der Waals surface area contributed by atoms with Gasteiger partial charge in [0.2, 0.25) is 10.0 Å². The van der Waals surface area contributed by atoms with Crippen molar-refractivity contribution in [2.24, 2.45) is 0 Å². The van der Waals surface area contributed by atoms with Crippen molar-refractivity contribution >= 4 is 10.0 Å². The fourth-order valence-corrected chi connectivity index (χ4v) is 3.32. The zero-order valence-corrected chi connectivity index (χ0v) is 11.8. The molecule has 1 aliphatic rings. The van der Waals surface area contributed by atoms with Gasteiger partial charge in [-0.1, -0.05) is 0 Å². The fraction of sp³-hybridized carbons (Fsp3) is 0.583. The molecule has 0 amide bonds. The molecule has 1 fully saturated rings. The molecule has 0 N–H and O–H groups in total. The van der Waals surface area contributed by atoms with Crippen LogP contribution in [0.5, 0.6) is 5.75 Å². The largest absolute Gasteiger partial charge is 0.490 e. The lowest BCUT2D eigenvalue weighted by molar-refractivity contribution is 0.113. The molecule has 0 saturated carbocycles. The molecule has 0 spiro atoms. The molecule has 0 aromatic carbocycles. The van der Waals surface area contributed by atoms with E-state index in [0.717, 1.165) is 0 Å². The topological polar surface area (TPSA) is 68.7 Å². The van der Waals surface area contributed by atoms with Crippen molar-refractivity contribution in [1.29, 1.82) is 0 Å². The molecule has 2 heterocycles. The average Bonchev–Trinajstić information content (AvgIpc) is 2.81. The smallest absolute Gasteiger partial charge is 0.211 e. The van der Waals surface area contributed by atoms with Crippen molar-refractivity contribution in [1.82, 2.24) is 9.29 Å². The van der Waals surface area contributed by atoms with Gasteiger partial charge in [0.25, 0.3) is 0 Å². The summed E-state index contributed by atoms with van der Waals surface area (Å²) in [6.07, 6.45) is 5.04. The van der Waals surface area contributed by atoms with Crippen LogP contribution in [0.15, 0.2) is 24.5 Å². The molecule has 0 bridgehead atoms. The number of ether oxygens (including phenoxy) is 2. The Kier molecular flexibility index (Phi) is 4.38. The quantitative estimate of drug-likeness (QED) is 0.789. The van der Waals surface area contributed by atoms with Gasteiger partial charge < -0.3 is 9.47 Å². The Morgan fingerprint density at radius 2 is 2.32 bits per heavy atom. The first kappa shape index (κ1) is 14.2. The number of sulfonamides is 1. The van der Waals surface area contributed by atoms with Crippen LogP contribution < -0.4 is 4.74 Å². The number of hydrogen-bond acceptors (Lipinski definition) is 5. The first-order chi connectivity index (χ1) is 9.00. The molecule has 0 unspecified atom stereocenters. The molecular formula is C12H18N2O4S. The molecule has 1 aliphatic heterocycles. The molecule has 1 aromatic heterocycles. The van der Waals surface area contributed by atoms with Crippen LogP contribution in [0.2, 0.25) is 0 Å². The van der Waals surface area contributed by atoms with Crippen LogP contribution in [0.3, 0.4) is 0 Å². The summed E-state index contributed by atoms with van der Waals surface area (Å²) in [6, 6.07) is 3.37. The van der Waals surface area contributed by atoms with Crippen LogP contribution in [0, 0.1) is 0 Å². The van der Waals surface area contributed by atoms with Gasteiger partial charge in [0.15, 0.2) is 0 Å². The summed E-state index contributed by atoms with van der Waals surface area (Å²) in [5.41, 5.74) is 0. The Labute approximate surface area is 113 Å². The summed E-state index contributed by atoms with van der Waals surface area (Å²) >= 11 is 0. The van der Waals surface area contributed by atoms with Gasteiger partial charge in [0, 0.05) is 19.9 Å². The van der Waals surface area contributed by atoms with Gasteiger partial charge >= 0.3 is 0 Å². The summed E-state index contributed by atoms with van der Waals surface area (Å²) < 4.78 is 35.7. The Hall–Kier alpha value is -1.18. The summed E-state index contributed by atoms with van der Waals surface area (Å²) in [7, 11) is -1.65. The number of aromatic nitrogens is 1. The highest BCUT2D eigenvalue weighted by Crippen LogP contribution is 2.23. The van der Waals surface area contributed by atoms with Crippen LogP contribution in [-0.4, -0.2) is 56.4 Å². The molecule has 1 aromatic rings. The van der Waals surface area contributed by atoms with Crippen molar-refractivity contribution in [3.63, 3.8) is 0 Å². The predicted octanol–water partition coefficient (Wildman–Crippen LogP) is 0.509. The standard InChI is InChI=1S/C12H18N2O4S/c1-17-12-6-10(14(8-12)19(2,15)16)9-18-11-4-3-5-13-7-11/h3-5,7,10,12H,6,8-9H2,1-2H3/t10-,12+/m0/s1. The predicted molar refractivity (Wildman–Crippen MR) is 70.5 cm³/mol. The number of pyridine rings is 1. The highest BCUT2D eigenvalue weighted by Gasteiger charge is 2.38.